The van der Waals surface area contributed by atoms with Crippen molar-refractivity contribution in [2.45, 2.75) is 12.8 Å². The summed E-state index contributed by atoms with van der Waals surface area (Å²) in [6.45, 7) is 2.93. The minimum absolute atomic E-state index is 0.00919. The highest BCUT2D eigenvalue weighted by Crippen LogP contribution is 2.29. The summed E-state index contributed by atoms with van der Waals surface area (Å²) in [7, 11) is 1.78. The fraction of sp³-hybridized carbons (Fsp3) is 0.474. The summed E-state index contributed by atoms with van der Waals surface area (Å²) in [6, 6.07) is 1.91. The smallest absolute Gasteiger partial charge is 0.241 e. The zero-order chi connectivity index (χ0) is 19.7. The van der Waals surface area contributed by atoms with Crippen LogP contribution in [0.2, 0.25) is 5.02 Å². The van der Waals surface area contributed by atoms with Crippen LogP contribution in [0.1, 0.15) is 12.8 Å². The van der Waals surface area contributed by atoms with Crippen LogP contribution in [0.15, 0.2) is 30.9 Å². The van der Waals surface area contributed by atoms with Gasteiger partial charge in [-0.2, -0.15) is 5.10 Å². The lowest BCUT2D eigenvalue weighted by molar-refractivity contribution is -0.147. The Labute approximate surface area is 168 Å². The number of halogens is 1. The lowest BCUT2D eigenvalue weighted by Gasteiger charge is -2.38. The van der Waals surface area contributed by atoms with E-state index in [-0.39, 0.29) is 24.3 Å². The lowest BCUT2D eigenvalue weighted by Crippen LogP contribution is -2.53. The van der Waals surface area contributed by atoms with E-state index < -0.39 is 0 Å². The van der Waals surface area contributed by atoms with E-state index in [1.165, 1.54) is 0 Å². The summed E-state index contributed by atoms with van der Waals surface area (Å²) >= 11 is 6.01. The molecule has 0 radical (unpaired) electrons. The maximum absolute atomic E-state index is 12.8. The van der Waals surface area contributed by atoms with E-state index in [0.717, 1.165) is 37.3 Å². The molecule has 9 heteroatoms. The van der Waals surface area contributed by atoms with Gasteiger partial charge in [-0.3, -0.25) is 14.6 Å². The maximum Gasteiger partial charge on any atom is 0.241 e. The second kappa shape index (κ2) is 7.79. The first kappa shape index (κ1) is 18.7. The number of aromatic nitrogens is 3. The number of likely N-dealkylation sites (N-methyl/N-ethyl adjacent to an activating group) is 1. The largest absolute Gasteiger partial charge is 0.368 e. The Morgan fingerprint density at radius 1 is 1.14 bits per heavy atom. The second-order valence-corrected chi connectivity index (χ2v) is 7.74. The minimum atomic E-state index is -0.0354. The first-order chi connectivity index (χ1) is 13.5. The molecule has 4 heterocycles. The molecule has 0 aromatic carbocycles. The van der Waals surface area contributed by atoms with Crippen LogP contribution in [-0.4, -0.2) is 76.2 Å². The number of anilines is 1. The van der Waals surface area contributed by atoms with Crippen molar-refractivity contribution >= 4 is 29.1 Å². The van der Waals surface area contributed by atoms with E-state index >= 15 is 0 Å². The van der Waals surface area contributed by atoms with Gasteiger partial charge < -0.3 is 14.7 Å². The third kappa shape index (κ3) is 3.69. The molecule has 0 spiro atoms. The molecule has 8 nitrogen and oxygen atoms in total. The number of piperidine rings is 1. The number of carbonyl (C=O) groups is 2. The van der Waals surface area contributed by atoms with E-state index in [1.807, 2.05) is 12.3 Å². The lowest BCUT2D eigenvalue weighted by atomic mass is 9.94. The van der Waals surface area contributed by atoms with Crippen molar-refractivity contribution < 1.29 is 9.59 Å². The molecule has 2 aliphatic heterocycles. The third-order valence-electron chi connectivity index (χ3n) is 5.53. The summed E-state index contributed by atoms with van der Waals surface area (Å²) in [5.74, 6) is 0.0769. The zero-order valence-electron chi connectivity index (χ0n) is 15.8. The number of hydrogen-bond acceptors (Lipinski definition) is 5. The van der Waals surface area contributed by atoms with E-state index in [0.29, 0.717) is 18.1 Å². The summed E-state index contributed by atoms with van der Waals surface area (Å²) in [6.07, 6.45) is 8.44. The minimum Gasteiger partial charge on any atom is -0.368 e. The van der Waals surface area contributed by atoms with Crippen molar-refractivity contribution in [2.75, 3.05) is 44.7 Å². The number of pyridine rings is 1. The molecule has 2 aliphatic rings. The molecule has 0 unspecified atom stereocenters. The van der Waals surface area contributed by atoms with Crippen LogP contribution in [0.5, 0.6) is 0 Å². The van der Waals surface area contributed by atoms with Gasteiger partial charge in [-0.25, -0.2) is 4.68 Å². The zero-order valence-corrected chi connectivity index (χ0v) is 16.5. The Morgan fingerprint density at radius 3 is 2.61 bits per heavy atom. The molecule has 0 N–H and O–H groups in total. The second-order valence-electron chi connectivity index (χ2n) is 7.30. The highest BCUT2D eigenvalue weighted by Gasteiger charge is 2.32. The molecule has 148 valence electrons. The number of amides is 2. The predicted molar refractivity (Wildman–Crippen MR) is 106 cm³/mol. The fourth-order valence-electron chi connectivity index (χ4n) is 3.82. The van der Waals surface area contributed by atoms with Crippen LogP contribution in [0.4, 0.5) is 5.69 Å². The van der Waals surface area contributed by atoms with Gasteiger partial charge >= 0.3 is 0 Å². The first-order valence-electron chi connectivity index (χ1n) is 9.45. The fourth-order valence-corrected chi connectivity index (χ4v) is 3.96. The number of nitrogens with zero attached hydrogens (tertiary/aromatic N) is 6. The van der Waals surface area contributed by atoms with Crippen LogP contribution in [0.3, 0.4) is 0 Å². The molecule has 0 bridgehead atoms. The first-order valence-corrected chi connectivity index (χ1v) is 9.83. The van der Waals surface area contributed by atoms with Crippen molar-refractivity contribution in [2.24, 2.45) is 5.92 Å². The molecule has 0 aliphatic carbocycles. The van der Waals surface area contributed by atoms with Gasteiger partial charge in [0.25, 0.3) is 0 Å². The van der Waals surface area contributed by atoms with Crippen molar-refractivity contribution in [3.8, 4) is 5.69 Å². The van der Waals surface area contributed by atoms with Gasteiger partial charge in [-0.05, 0) is 18.9 Å². The van der Waals surface area contributed by atoms with Crippen LogP contribution in [0.25, 0.3) is 5.69 Å². The monoisotopic (exact) mass is 402 g/mol. The van der Waals surface area contributed by atoms with Gasteiger partial charge in [0.15, 0.2) is 0 Å². The van der Waals surface area contributed by atoms with Gasteiger partial charge in [0.05, 0.1) is 35.3 Å². The summed E-state index contributed by atoms with van der Waals surface area (Å²) in [5.41, 5.74) is 1.89. The Morgan fingerprint density at radius 2 is 1.93 bits per heavy atom. The van der Waals surface area contributed by atoms with Gasteiger partial charge in [0, 0.05) is 51.5 Å². The molecule has 2 amide bonds. The summed E-state index contributed by atoms with van der Waals surface area (Å²) < 4.78 is 1.74. The third-order valence-corrected chi connectivity index (χ3v) is 5.72. The Hall–Kier alpha value is -2.61. The average Bonchev–Trinajstić information content (AvgIpc) is 3.16. The van der Waals surface area contributed by atoms with Crippen molar-refractivity contribution in [1.29, 1.82) is 0 Å². The van der Waals surface area contributed by atoms with Crippen molar-refractivity contribution in [1.82, 2.24) is 24.6 Å². The molecule has 2 fully saturated rings. The van der Waals surface area contributed by atoms with Gasteiger partial charge in [0.2, 0.25) is 11.8 Å². The van der Waals surface area contributed by atoms with Crippen LogP contribution in [0, 0.1) is 5.92 Å². The van der Waals surface area contributed by atoms with Crippen molar-refractivity contribution in [3.05, 3.63) is 35.9 Å². The van der Waals surface area contributed by atoms with Crippen LogP contribution < -0.4 is 4.90 Å². The van der Waals surface area contributed by atoms with Gasteiger partial charge in [-0.1, -0.05) is 11.6 Å². The molecule has 0 atom stereocenters. The molecular formula is C19H23ClN6O2. The number of carbonyl (C=O) groups excluding carboxylic acids is 2. The number of rotatable bonds is 3. The van der Waals surface area contributed by atoms with E-state index in [4.69, 9.17) is 11.6 Å². The topological polar surface area (TPSA) is 74.6 Å². The Balaban J connectivity index is 1.42. The van der Waals surface area contributed by atoms with Crippen LogP contribution >= 0.6 is 11.6 Å². The van der Waals surface area contributed by atoms with E-state index in [1.54, 1.807) is 40.1 Å². The van der Waals surface area contributed by atoms with E-state index in [2.05, 4.69) is 15.0 Å². The molecule has 2 aromatic rings. The quantitative estimate of drug-likeness (QED) is 0.776. The SMILES string of the molecule is CN1CCN(C(=O)C2CCN(c3cnccc3-n3cc(Cl)cn3)CC2)CC1=O. The molecule has 28 heavy (non-hydrogen) atoms. The van der Waals surface area contributed by atoms with E-state index in [9.17, 15) is 9.59 Å². The summed E-state index contributed by atoms with van der Waals surface area (Å²) in [5, 5.41) is 4.87. The molecule has 2 saturated heterocycles. The van der Waals surface area contributed by atoms with Gasteiger partial charge in [0.1, 0.15) is 0 Å². The van der Waals surface area contributed by atoms with Crippen molar-refractivity contribution in [3.63, 3.8) is 0 Å². The standard InChI is InChI=1S/C19H23ClN6O2/c1-23-8-9-25(13-18(23)27)19(28)14-3-6-24(7-4-14)17-11-21-5-2-16(17)26-12-15(20)10-22-26/h2,5,10-12,14H,3-4,6-9,13H2,1H3. The molecule has 2 aromatic heterocycles. The van der Waals surface area contributed by atoms with Gasteiger partial charge in [-0.15, -0.1) is 0 Å². The Kier molecular flexibility index (Phi) is 5.21. The summed E-state index contributed by atoms with van der Waals surface area (Å²) in [4.78, 5) is 34.6. The molecule has 4 rings (SSSR count). The number of hydrogen-bond donors (Lipinski definition) is 0. The maximum atomic E-state index is 12.8. The van der Waals surface area contributed by atoms with Crippen LogP contribution in [-0.2, 0) is 9.59 Å². The molecule has 0 saturated carbocycles. The highest BCUT2D eigenvalue weighted by atomic mass is 35.5. The normalized spacial score (nSPS) is 18.6. The predicted octanol–water partition coefficient (Wildman–Crippen LogP) is 1.44. The Bertz CT molecular complexity index is 877. The molecular weight excluding hydrogens is 380 g/mol. The average molecular weight is 403 g/mol. The number of piperazine rings is 1. The highest BCUT2D eigenvalue weighted by molar-refractivity contribution is 6.30.